The minimum Gasteiger partial charge on any atom is -0.355 e. The summed E-state index contributed by atoms with van der Waals surface area (Å²) in [6.07, 6.45) is 1.57. The first-order valence-electron chi connectivity index (χ1n) is 3.18. The van der Waals surface area contributed by atoms with Gasteiger partial charge in [-0.1, -0.05) is 0 Å². The second-order valence-corrected chi connectivity index (χ2v) is 2.06. The van der Waals surface area contributed by atoms with Crippen molar-refractivity contribution in [1.82, 2.24) is 10.3 Å². The van der Waals surface area contributed by atoms with Crippen LogP contribution in [0.5, 0.6) is 0 Å². The van der Waals surface area contributed by atoms with Crippen LogP contribution >= 0.6 is 0 Å². The number of pyridine rings is 1. The third-order valence-corrected chi connectivity index (χ3v) is 1.31. The normalized spacial score (nSPS) is 9.58. The third-order valence-electron chi connectivity index (χ3n) is 1.31. The zero-order valence-corrected chi connectivity index (χ0v) is 6.27. The fourth-order valence-electron chi connectivity index (χ4n) is 0.753. The maximum atomic E-state index is 12.7. The quantitative estimate of drug-likeness (QED) is 0.678. The largest absolute Gasteiger partial charge is 0.355 e. The highest BCUT2D eigenvalue weighted by atomic mass is 19.1. The lowest BCUT2D eigenvalue weighted by Crippen LogP contribution is -2.21. The van der Waals surface area contributed by atoms with Crippen LogP contribution in [0.15, 0.2) is 12.4 Å². The van der Waals surface area contributed by atoms with Crippen molar-refractivity contribution in [3.63, 3.8) is 0 Å². The zero-order chi connectivity index (χ0) is 9.14. The van der Waals surface area contributed by atoms with Crippen molar-refractivity contribution >= 4 is 5.91 Å². The van der Waals surface area contributed by atoms with Gasteiger partial charge in [0.25, 0.3) is 5.91 Å². The maximum Gasteiger partial charge on any atom is 0.257 e. The van der Waals surface area contributed by atoms with Crippen LogP contribution < -0.4 is 5.32 Å². The van der Waals surface area contributed by atoms with Gasteiger partial charge in [-0.3, -0.25) is 9.78 Å². The Labute approximate surface area is 67.4 Å². The Kier molecular flexibility index (Phi) is 2.32. The molecule has 0 spiro atoms. The molecule has 0 aliphatic carbocycles. The molecule has 0 bridgehead atoms. The van der Waals surface area contributed by atoms with E-state index in [0.717, 1.165) is 12.4 Å². The van der Waals surface area contributed by atoms with E-state index in [0.29, 0.717) is 0 Å². The Hall–Kier alpha value is -1.52. The molecular formula is C7H6F2N2O. The Morgan fingerprint density at radius 2 is 1.92 bits per heavy atom. The lowest BCUT2D eigenvalue weighted by atomic mass is 10.2. The van der Waals surface area contributed by atoms with E-state index < -0.39 is 23.1 Å². The molecule has 0 aliphatic heterocycles. The van der Waals surface area contributed by atoms with Gasteiger partial charge in [0, 0.05) is 7.05 Å². The van der Waals surface area contributed by atoms with Crippen molar-refractivity contribution in [2.24, 2.45) is 0 Å². The number of aromatic nitrogens is 1. The van der Waals surface area contributed by atoms with E-state index >= 15 is 0 Å². The van der Waals surface area contributed by atoms with Crippen LogP contribution in [0.25, 0.3) is 0 Å². The van der Waals surface area contributed by atoms with Crippen LogP contribution in [-0.4, -0.2) is 17.9 Å². The molecule has 0 aliphatic rings. The van der Waals surface area contributed by atoms with Crippen LogP contribution in [0, 0.1) is 11.6 Å². The summed E-state index contributed by atoms with van der Waals surface area (Å²) >= 11 is 0. The highest BCUT2D eigenvalue weighted by molar-refractivity contribution is 5.94. The molecule has 1 amide bonds. The summed E-state index contributed by atoms with van der Waals surface area (Å²) in [5.74, 6) is -2.73. The van der Waals surface area contributed by atoms with E-state index in [1.54, 1.807) is 0 Å². The van der Waals surface area contributed by atoms with Crippen molar-refractivity contribution in [1.29, 1.82) is 0 Å². The lowest BCUT2D eigenvalue weighted by Gasteiger charge is -2.00. The molecule has 0 aromatic carbocycles. The number of carbonyl (C=O) groups is 1. The molecule has 5 heteroatoms. The van der Waals surface area contributed by atoms with Crippen molar-refractivity contribution in [3.05, 3.63) is 29.6 Å². The highest BCUT2D eigenvalue weighted by Gasteiger charge is 2.15. The predicted molar refractivity (Wildman–Crippen MR) is 37.5 cm³/mol. The van der Waals surface area contributed by atoms with Crippen LogP contribution in [0.3, 0.4) is 0 Å². The summed E-state index contributed by atoms with van der Waals surface area (Å²) in [5, 5.41) is 2.12. The second-order valence-electron chi connectivity index (χ2n) is 2.06. The Morgan fingerprint density at radius 1 is 1.42 bits per heavy atom. The van der Waals surface area contributed by atoms with Gasteiger partial charge in [0.2, 0.25) is 0 Å². The first-order valence-corrected chi connectivity index (χ1v) is 3.18. The molecule has 64 valence electrons. The average molecular weight is 172 g/mol. The molecular weight excluding hydrogens is 166 g/mol. The molecule has 0 atom stereocenters. The zero-order valence-electron chi connectivity index (χ0n) is 6.27. The Balaban J connectivity index is 3.21. The summed E-state index contributed by atoms with van der Waals surface area (Å²) in [4.78, 5) is 14.1. The minimum atomic E-state index is -0.964. The number of nitrogens with zero attached hydrogens (tertiary/aromatic N) is 1. The van der Waals surface area contributed by atoms with Crippen molar-refractivity contribution < 1.29 is 13.6 Å². The van der Waals surface area contributed by atoms with Crippen LogP contribution in [-0.2, 0) is 0 Å². The van der Waals surface area contributed by atoms with Crippen molar-refractivity contribution in [2.45, 2.75) is 0 Å². The van der Waals surface area contributed by atoms with Crippen molar-refractivity contribution in [3.8, 4) is 0 Å². The van der Waals surface area contributed by atoms with Gasteiger partial charge < -0.3 is 5.32 Å². The number of rotatable bonds is 1. The number of halogens is 2. The summed E-state index contributed by atoms with van der Waals surface area (Å²) < 4.78 is 25.4. The van der Waals surface area contributed by atoms with Gasteiger partial charge in [0.1, 0.15) is 5.56 Å². The van der Waals surface area contributed by atoms with Crippen LogP contribution in [0.4, 0.5) is 8.78 Å². The van der Waals surface area contributed by atoms with Gasteiger partial charge in [0.05, 0.1) is 12.4 Å². The van der Waals surface area contributed by atoms with Gasteiger partial charge in [0.15, 0.2) is 11.6 Å². The van der Waals surface area contributed by atoms with Crippen molar-refractivity contribution in [2.75, 3.05) is 7.05 Å². The fourth-order valence-corrected chi connectivity index (χ4v) is 0.753. The van der Waals surface area contributed by atoms with E-state index in [9.17, 15) is 13.6 Å². The first kappa shape index (κ1) is 8.58. The number of carbonyl (C=O) groups excluding carboxylic acids is 1. The van der Waals surface area contributed by atoms with E-state index in [1.165, 1.54) is 7.05 Å². The third kappa shape index (κ3) is 1.39. The SMILES string of the molecule is CNC(=O)c1c(F)cncc1F. The van der Waals surface area contributed by atoms with E-state index in [4.69, 9.17) is 0 Å². The minimum absolute atomic E-state index is 0.604. The van der Waals surface area contributed by atoms with Gasteiger partial charge in [-0.2, -0.15) is 0 Å². The van der Waals surface area contributed by atoms with Gasteiger partial charge in [-0.05, 0) is 0 Å². The fraction of sp³-hybridized carbons (Fsp3) is 0.143. The Bertz CT molecular complexity index is 294. The monoisotopic (exact) mass is 172 g/mol. The highest BCUT2D eigenvalue weighted by Crippen LogP contribution is 2.09. The Morgan fingerprint density at radius 3 is 2.33 bits per heavy atom. The molecule has 1 aromatic heterocycles. The molecule has 0 saturated carbocycles. The summed E-state index contributed by atoms with van der Waals surface area (Å²) in [6, 6.07) is 0. The average Bonchev–Trinajstić information content (AvgIpc) is 2.03. The van der Waals surface area contributed by atoms with E-state index in [1.807, 2.05) is 0 Å². The number of hydrogen-bond acceptors (Lipinski definition) is 2. The summed E-state index contributed by atoms with van der Waals surface area (Å²) in [6.45, 7) is 0. The van der Waals surface area contributed by atoms with Gasteiger partial charge in [-0.25, -0.2) is 8.78 Å². The molecule has 1 aromatic rings. The topological polar surface area (TPSA) is 42.0 Å². The molecule has 0 fully saturated rings. The predicted octanol–water partition coefficient (Wildman–Crippen LogP) is 0.719. The van der Waals surface area contributed by atoms with E-state index in [2.05, 4.69) is 10.3 Å². The molecule has 0 radical (unpaired) electrons. The molecule has 1 heterocycles. The molecule has 1 N–H and O–H groups in total. The summed E-state index contributed by atoms with van der Waals surface area (Å²) in [7, 11) is 1.29. The second kappa shape index (κ2) is 3.25. The van der Waals surface area contributed by atoms with Gasteiger partial charge in [-0.15, -0.1) is 0 Å². The lowest BCUT2D eigenvalue weighted by molar-refractivity contribution is 0.0954. The number of nitrogens with one attached hydrogen (secondary N) is 1. The molecule has 0 unspecified atom stereocenters. The molecule has 3 nitrogen and oxygen atoms in total. The van der Waals surface area contributed by atoms with Gasteiger partial charge >= 0.3 is 0 Å². The maximum absolute atomic E-state index is 12.7. The molecule has 12 heavy (non-hydrogen) atoms. The molecule has 0 saturated heterocycles. The smallest absolute Gasteiger partial charge is 0.257 e. The van der Waals surface area contributed by atoms with Crippen LogP contribution in [0.1, 0.15) is 10.4 Å². The number of hydrogen-bond donors (Lipinski definition) is 1. The van der Waals surface area contributed by atoms with E-state index in [-0.39, 0.29) is 0 Å². The summed E-state index contributed by atoms with van der Waals surface area (Å²) in [5.41, 5.74) is -0.604. The first-order chi connectivity index (χ1) is 5.66. The van der Waals surface area contributed by atoms with Crippen LogP contribution in [0.2, 0.25) is 0 Å². The molecule has 1 rings (SSSR count). The number of amides is 1. The standard InChI is InChI=1S/C7H6F2N2O/c1-10-7(12)6-4(8)2-11-3-5(6)9/h2-3H,1H3,(H,10,12).